The number of carbonyl (C=O) groups excluding carboxylic acids is 1. The van der Waals surface area contributed by atoms with Crippen LogP contribution in [0.5, 0.6) is 0 Å². The molecule has 1 aromatic heterocycles. The zero-order valence-corrected chi connectivity index (χ0v) is 16.2. The lowest BCUT2D eigenvalue weighted by molar-refractivity contribution is 0.0661. The van der Waals surface area contributed by atoms with Crippen molar-refractivity contribution in [3.05, 3.63) is 34.6 Å². The van der Waals surface area contributed by atoms with Crippen molar-refractivity contribution in [2.24, 2.45) is 0 Å². The number of nitrogens with zero attached hydrogens (tertiary/aromatic N) is 1. The fourth-order valence-corrected chi connectivity index (χ4v) is 4.63. The Morgan fingerprint density at radius 3 is 2.36 bits per heavy atom. The van der Waals surface area contributed by atoms with Crippen LogP contribution < -0.4 is 0 Å². The van der Waals surface area contributed by atoms with E-state index in [4.69, 9.17) is 4.42 Å². The van der Waals surface area contributed by atoms with Gasteiger partial charge in [-0.25, -0.2) is 8.42 Å². The number of sulfone groups is 1. The summed E-state index contributed by atoms with van der Waals surface area (Å²) in [5, 5.41) is 0.981. The van der Waals surface area contributed by atoms with E-state index in [9.17, 15) is 13.2 Å². The van der Waals surface area contributed by atoms with Crippen molar-refractivity contribution in [3.8, 4) is 0 Å². The maximum Gasteiger partial charge on any atom is 0.290 e. The fraction of sp³-hybridized carbons (Fsp3) is 0.526. The highest BCUT2D eigenvalue weighted by molar-refractivity contribution is 7.90. The lowest BCUT2D eigenvalue weighted by Crippen LogP contribution is -2.43. The van der Waals surface area contributed by atoms with Crippen LogP contribution in [0.3, 0.4) is 0 Å². The molecule has 2 aromatic rings. The Labute approximate surface area is 148 Å². The van der Waals surface area contributed by atoms with Gasteiger partial charge in [-0.1, -0.05) is 12.1 Å². The zero-order chi connectivity index (χ0) is 18.5. The third-order valence-electron chi connectivity index (χ3n) is 4.87. The zero-order valence-electron chi connectivity index (χ0n) is 15.4. The molecular formula is C19H25NO4S. The Kier molecular flexibility index (Phi) is 4.43. The summed E-state index contributed by atoms with van der Waals surface area (Å²) in [6.45, 7) is 7.66. The first-order chi connectivity index (χ1) is 11.6. The summed E-state index contributed by atoms with van der Waals surface area (Å²) in [7, 11) is -3.16. The van der Waals surface area contributed by atoms with Gasteiger partial charge < -0.3 is 9.32 Å². The molecule has 6 heteroatoms. The SMILES string of the molecule is Cc1ccc(C)c2c(C)c(C(=O)N(C(C)CS(C)(=O)=O)C3CC3)oc12. The summed E-state index contributed by atoms with van der Waals surface area (Å²) in [6, 6.07) is 3.75. The van der Waals surface area contributed by atoms with E-state index in [1.807, 2.05) is 32.9 Å². The van der Waals surface area contributed by atoms with Gasteiger partial charge in [0.1, 0.15) is 15.4 Å². The second-order valence-corrected chi connectivity index (χ2v) is 9.53. The van der Waals surface area contributed by atoms with Crippen molar-refractivity contribution < 1.29 is 17.6 Å². The lowest BCUT2D eigenvalue weighted by Gasteiger charge is -2.28. The minimum atomic E-state index is -3.16. The molecule has 0 bridgehead atoms. The summed E-state index contributed by atoms with van der Waals surface area (Å²) in [5.41, 5.74) is 3.64. The Morgan fingerprint density at radius 2 is 1.84 bits per heavy atom. The molecule has 1 fully saturated rings. The van der Waals surface area contributed by atoms with Crippen molar-refractivity contribution in [2.75, 3.05) is 12.0 Å². The smallest absolute Gasteiger partial charge is 0.290 e. The minimum absolute atomic E-state index is 0.0351. The van der Waals surface area contributed by atoms with Crippen LogP contribution in [0.2, 0.25) is 0 Å². The van der Waals surface area contributed by atoms with Crippen LogP contribution in [0, 0.1) is 20.8 Å². The van der Waals surface area contributed by atoms with Crippen molar-refractivity contribution in [1.29, 1.82) is 0 Å². The number of rotatable bonds is 5. The Bertz CT molecular complexity index is 938. The first kappa shape index (κ1) is 18.0. The molecule has 1 amide bonds. The molecule has 0 spiro atoms. The average Bonchev–Trinajstić information content (AvgIpc) is 3.24. The van der Waals surface area contributed by atoms with Crippen LogP contribution >= 0.6 is 0 Å². The summed E-state index contributed by atoms with van der Waals surface area (Å²) in [4.78, 5) is 14.9. The predicted octanol–water partition coefficient (Wildman–Crippen LogP) is 3.40. The van der Waals surface area contributed by atoms with Crippen molar-refractivity contribution in [3.63, 3.8) is 0 Å². The van der Waals surface area contributed by atoms with Gasteiger partial charge in [0.2, 0.25) is 0 Å². The molecule has 3 rings (SSSR count). The normalized spacial score (nSPS) is 16.2. The summed E-state index contributed by atoms with van der Waals surface area (Å²) < 4.78 is 29.3. The van der Waals surface area contributed by atoms with Crippen LogP contribution in [-0.2, 0) is 9.84 Å². The highest BCUT2D eigenvalue weighted by Gasteiger charge is 2.39. The molecule has 0 N–H and O–H groups in total. The molecule has 25 heavy (non-hydrogen) atoms. The number of hydrogen-bond donors (Lipinski definition) is 0. The number of aryl methyl sites for hydroxylation is 3. The first-order valence-corrected chi connectivity index (χ1v) is 10.7. The maximum absolute atomic E-state index is 13.2. The van der Waals surface area contributed by atoms with Gasteiger partial charge in [0.25, 0.3) is 5.91 Å². The molecule has 1 atom stereocenters. The van der Waals surface area contributed by atoms with Crippen molar-refractivity contribution >= 4 is 26.7 Å². The molecule has 1 aliphatic rings. The van der Waals surface area contributed by atoms with Crippen LogP contribution in [0.25, 0.3) is 11.0 Å². The van der Waals surface area contributed by atoms with Gasteiger partial charge >= 0.3 is 0 Å². The highest BCUT2D eigenvalue weighted by Crippen LogP contribution is 2.35. The monoisotopic (exact) mass is 363 g/mol. The number of fused-ring (bicyclic) bond motifs is 1. The van der Waals surface area contributed by atoms with Crippen LogP contribution in [0.4, 0.5) is 0 Å². The van der Waals surface area contributed by atoms with E-state index >= 15 is 0 Å². The van der Waals surface area contributed by atoms with Crippen LogP contribution in [-0.4, -0.2) is 43.3 Å². The van der Waals surface area contributed by atoms with E-state index in [0.29, 0.717) is 5.76 Å². The molecule has 5 nitrogen and oxygen atoms in total. The molecule has 0 radical (unpaired) electrons. The third kappa shape index (κ3) is 3.45. The molecule has 1 heterocycles. The molecule has 136 valence electrons. The number of hydrogen-bond acceptors (Lipinski definition) is 4. The maximum atomic E-state index is 13.2. The predicted molar refractivity (Wildman–Crippen MR) is 98.8 cm³/mol. The Hall–Kier alpha value is -1.82. The minimum Gasteiger partial charge on any atom is -0.450 e. The number of carbonyl (C=O) groups is 1. The van der Waals surface area contributed by atoms with Crippen molar-refractivity contribution in [1.82, 2.24) is 4.90 Å². The summed E-state index contributed by atoms with van der Waals surface area (Å²) in [5.74, 6) is 0.0952. The Balaban J connectivity index is 2.04. The van der Waals surface area contributed by atoms with E-state index in [2.05, 4.69) is 0 Å². The van der Waals surface area contributed by atoms with Gasteiger partial charge in [-0.2, -0.15) is 0 Å². The van der Waals surface area contributed by atoms with Gasteiger partial charge in [-0.15, -0.1) is 0 Å². The molecule has 1 unspecified atom stereocenters. The second-order valence-electron chi connectivity index (χ2n) is 7.34. The highest BCUT2D eigenvalue weighted by atomic mass is 32.2. The molecule has 0 saturated heterocycles. The van der Waals surface area contributed by atoms with E-state index in [0.717, 1.165) is 40.5 Å². The summed E-state index contributed by atoms with van der Waals surface area (Å²) in [6.07, 6.45) is 3.03. The van der Waals surface area contributed by atoms with Gasteiger partial charge in [-0.05, 0) is 51.7 Å². The van der Waals surface area contributed by atoms with E-state index in [-0.39, 0.29) is 23.7 Å². The van der Waals surface area contributed by atoms with Gasteiger partial charge in [0.05, 0.1) is 5.75 Å². The molecule has 1 aromatic carbocycles. The van der Waals surface area contributed by atoms with Crippen LogP contribution in [0.15, 0.2) is 16.5 Å². The van der Waals surface area contributed by atoms with Gasteiger partial charge in [0.15, 0.2) is 5.76 Å². The second kappa shape index (κ2) is 6.16. The molecule has 1 saturated carbocycles. The van der Waals surface area contributed by atoms with Crippen LogP contribution in [0.1, 0.15) is 47.0 Å². The van der Waals surface area contributed by atoms with Gasteiger partial charge in [-0.3, -0.25) is 4.79 Å². The largest absolute Gasteiger partial charge is 0.450 e. The van der Waals surface area contributed by atoms with E-state index in [1.165, 1.54) is 6.26 Å². The number of amides is 1. The average molecular weight is 363 g/mol. The molecular weight excluding hydrogens is 338 g/mol. The molecule has 1 aliphatic carbocycles. The topological polar surface area (TPSA) is 67.6 Å². The number of benzene rings is 1. The molecule has 0 aliphatic heterocycles. The quantitative estimate of drug-likeness (QED) is 0.816. The third-order valence-corrected chi connectivity index (χ3v) is 5.96. The first-order valence-electron chi connectivity index (χ1n) is 8.60. The van der Waals surface area contributed by atoms with E-state index < -0.39 is 9.84 Å². The van der Waals surface area contributed by atoms with Crippen molar-refractivity contribution in [2.45, 2.75) is 52.6 Å². The Morgan fingerprint density at radius 1 is 1.24 bits per heavy atom. The summed E-state index contributed by atoms with van der Waals surface area (Å²) >= 11 is 0. The lowest BCUT2D eigenvalue weighted by atomic mass is 10.0. The number of furan rings is 1. The van der Waals surface area contributed by atoms with E-state index in [1.54, 1.807) is 11.8 Å². The standard InChI is InChI=1S/C19H25NO4S/c1-11-6-7-12(2)17-16(11)14(4)18(24-17)19(21)20(15-8-9-15)13(3)10-25(5,22)23/h6-7,13,15H,8-10H2,1-5H3. The van der Waals surface area contributed by atoms with Gasteiger partial charge in [0, 0.05) is 29.3 Å². The fourth-order valence-electron chi connectivity index (χ4n) is 3.59.